The molecule has 0 aromatic heterocycles. The van der Waals surface area contributed by atoms with E-state index < -0.39 is 5.60 Å². The Morgan fingerprint density at radius 1 is 1.33 bits per heavy atom. The van der Waals surface area contributed by atoms with Crippen LogP contribution in [0.5, 0.6) is 5.75 Å². The van der Waals surface area contributed by atoms with E-state index >= 15 is 0 Å². The molecule has 0 aliphatic rings. The number of carbonyl (C=O) groups excluding carboxylic acids is 1. The molecule has 1 aromatic rings. The van der Waals surface area contributed by atoms with Gasteiger partial charge in [0.2, 0.25) is 0 Å². The number of hydrogen-bond donors (Lipinski definition) is 1. The number of carbonyl (C=O) groups is 1. The van der Waals surface area contributed by atoms with Crippen LogP contribution in [0.15, 0.2) is 18.2 Å². The molecule has 0 radical (unpaired) electrons. The lowest BCUT2D eigenvalue weighted by Crippen LogP contribution is -2.40. The lowest BCUT2D eigenvalue weighted by molar-refractivity contribution is -0.137. The molecule has 1 rings (SSSR count). The quantitative estimate of drug-likeness (QED) is 0.828. The van der Waals surface area contributed by atoms with Crippen molar-refractivity contribution in [2.45, 2.75) is 59.7 Å². The molecule has 0 unspecified atom stereocenters. The van der Waals surface area contributed by atoms with Gasteiger partial charge < -0.3 is 14.8 Å². The molecule has 4 nitrogen and oxygen atoms in total. The summed E-state index contributed by atoms with van der Waals surface area (Å²) in [6.45, 7) is 12.1. The predicted molar refractivity (Wildman–Crippen MR) is 85.9 cm³/mol. The van der Waals surface area contributed by atoms with E-state index in [1.165, 1.54) is 0 Å². The molecule has 1 amide bonds. The van der Waals surface area contributed by atoms with E-state index in [1.54, 1.807) is 13.8 Å². The molecule has 1 N–H and O–H groups in total. The highest BCUT2D eigenvalue weighted by molar-refractivity contribution is 5.96. The maximum absolute atomic E-state index is 12.2. The van der Waals surface area contributed by atoms with Gasteiger partial charge in [0.1, 0.15) is 11.4 Å². The highest BCUT2D eigenvalue weighted by Gasteiger charge is 2.28. The third kappa shape index (κ3) is 5.38. The van der Waals surface area contributed by atoms with E-state index in [9.17, 15) is 4.79 Å². The summed E-state index contributed by atoms with van der Waals surface area (Å²) in [5, 5.41) is 2.89. The van der Waals surface area contributed by atoms with Gasteiger partial charge in [-0.25, -0.2) is 0 Å². The number of rotatable bonds is 7. The molecule has 0 saturated heterocycles. The predicted octanol–water partition coefficient (Wildman–Crippen LogP) is 3.93. The molecule has 0 heterocycles. The average molecular weight is 293 g/mol. The Balaban J connectivity index is 2.75. The Morgan fingerprint density at radius 2 is 2.00 bits per heavy atom. The van der Waals surface area contributed by atoms with Crippen molar-refractivity contribution in [2.24, 2.45) is 0 Å². The van der Waals surface area contributed by atoms with E-state index in [0.29, 0.717) is 6.61 Å². The zero-order valence-corrected chi connectivity index (χ0v) is 13.9. The average Bonchev–Trinajstić information content (AvgIpc) is 2.39. The standard InChI is InChI=1S/C17H27NO3/c1-7-10-20-17(5,6)16(19)18-14-8-9-15(13(4)11-14)21-12(2)3/h8-9,11-12H,7,10H2,1-6H3,(H,18,19). The van der Waals surface area contributed by atoms with Gasteiger partial charge in [0, 0.05) is 12.3 Å². The van der Waals surface area contributed by atoms with Crippen molar-refractivity contribution in [3.05, 3.63) is 23.8 Å². The molecular formula is C17H27NO3. The first-order valence-electron chi connectivity index (χ1n) is 7.49. The number of benzene rings is 1. The third-order valence-electron chi connectivity index (χ3n) is 3.01. The molecule has 0 aliphatic carbocycles. The van der Waals surface area contributed by atoms with Crippen molar-refractivity contribution in [3.63, 3.8) is 0 Å². The van der Waals surface area contributed by atoms with Crippen LogP contribution in [0.25, 0.3) is 0 Å². The molecular weight excluding hydrogens is 266 g/mol. The summed E-state index contributed by atoms with van der Waals surface area (Å²) < 4.78 is 11.3. The molecule has 0 saturated carbocycles. The van der Waals surface area contributed by atoms with E-state index in [1.807, 2.05) is 45.9 Å². The molecule has 21 heavy (non-hydrogen) atoms. The lowest BCUT2D eigenvalue weighted by atomic mass is 10.1. The van der Waals surface area contributed by atoms with Gasteiger partial charge in [-0.05, 0) is 64.8 Å². The first kappa shape index (κ1) is 17.5. The number of nitrogens with one attached hydrogen (secondary N) is 1. The molecule has 0 bridgehead atoms. The Hall–Kier alpha value is -1.55. The Bertz CT molecular complexity index is 481. The minimum atomic E-state index is -0.836. The SMILES string of the molecule is CCCOC(C)(C)C(=O)Nc1ccc(OC(C)C)c(C)c1. The molecule has 0 aliphatic heterocycles. The van der Waals surface area contributed by atoms with Crippen LogP contribution < -0.4 is 10.1 Å². The number of aryl methyl sites for hydroxylation is 1. The summed E-state index contributed by atoms with van der Waals surface area (Å²) in [4.78, 5) is 12.2. The second-order valence-electron chi connectivity index (χ2n) is 5.96. The van der Waals surface area contributed by atoms with Gasteiger partial charge in [0.15, 0.2) is 0 Å². The lowest BCUT2D eigenvalue weighted by Gasteiger charge is -2.24. The number of amides is 1. The molecule has 0 atom stereocenters. The fourth-order valence-corrected chi connectivity index (χ4v) is 1.82. The van der Waals surface area contributed by atoms with E-state index in [4.69, 9.17) is 9.47 Å². The van der Waals surface area contributed by atoms with Crippen LogP contribution in [0.1, 0.15) is 46.6 Å². The Morgan fingerprint density at radius 3 is 2.52 bits per heavy atom. The van der Waals surface area contributed by atoms with Crippen molar-refractivity contribution in [1.29, 1.82) is 0 Å². The number of ether oxygens (including phenoxy) is 2. The fourth-order valence-electron chi connectivity index (χ4n) is 1.82. The van der Waals surface area contributed by atoms with Crippen LogP contribution in [-0.2, 0) is 9.53 Å². The van der Waals surface area contributed by atoms with Gasteiger partial charge >= 0.3 is 0 Å². The van der Waals surface area contributed by atoms with E-state index in [-0.39, 0.29) is 12.0 Å². The second-order valence-corrected chi connectivity index (χ2v) is 5.96. The highest BCUT2D eigenvalue weighted by Crippen LogP contribution is 2.24. The monoisotopic (exact) mass is 293 g/mol. The molecule has 1 aromatic carbocycles. The van der Waals surface area contributed by atoms with Gasteiger partial charge in [-0.15, -0.1) is 0 Å². The summed E-state index contributed by atoms with van der Waals surface area (Å²) >= 11 is 0. The van der Waals surface area contributed by atoms with Gasteiger partial charge in [-0.1, -0.05) is 6.92 Å². The smallest absolute Gasteiger partial charge is 0.256 e. The van der Waals surface area contributed by atoms with E-state index in [2.05, 4.69) is 5.32 Å². The normalized spacial score (nSPS) is 11.6. The maximum Gasteiger partial charge on any atom is 0.256 e. The maximum atomic E-state index is 12.2. The summed E-state index contributed by atoms with van der Waals surface area (Å²) in [6.07, 6.45) is 1.02. The first-order valence-corrected chi connectivity index (χ1v) is 7.49. The van der Waals surface area contributed by atoms with Crippen molar-refractivity contribution < 1.29 is 14.3 Å². The second kappa shape index (κ2) is 7.46. The van der Waals surface area contributed by atoms with Crippen LogP contribution in [0.4, 0.5) is 5.69 Å². The van der Waals surface area contributed by atoms with E-state index in [0.717, 1.165) is 23.4 Å². The van der Waals surface area contributed by atoms with Crippen molar-refractivity contribution in [2.75, 3.05) is 11.9 Å². The molecule has 0 fully saturated rings. The summed E-state index contributed by atoms with van der Waals surface area (Å²) in [6, 6.07) is 5.63. The Labute approximate surface area is 127 Å². The summed E-state index contributed by atoms with van der Waals surface area (Å²) in [5.74, 6) is 0.692. The highest BCUT2D eigenvalue weighted by atomic mass is 16.5. The molecule has 118 valence electrons. The molecule has 0 spiro atoms. The topological polar surface area (TPSA) is 47.6 Å². The van der Waals surface area contributed by atoms with Crippen LogP contribution >= 0.6 is 0 Å². The Kier molecular flexibility index (Phi) is 6.21. The fraction of sp³-hybridized carbons (Fsp3) is 0.588. The zero-order valence-electron chi connectivity index (χ0n) is 13.9. The van der Waals surface area contributed by atoms with Crippen LogP contribution in [0, 0.1) is 6.92 Å². The largest absolute Gasteiger partial charge is 0.491 e. The van der Waals surface area contributed by atoms with Crippen LogP contribution in [0.3, 0.4) is 0 Å². The summed E-state index contributed by atoms with van der Waals surface area (Å²) in [5.41, 5.74) is 0.910. The first-order chi connectivity index (χ1) is 9.76. The van der Waals surface area contributed by atoms with Gasteiger partial charge in [-0.3, -0.25) is 4.79 Å². The van der Waals surface area contributed by atoms with Crippen molar-refractivity contribution in [1.82, 2.24) is 0 Å². The van der Waals surface area contributed by atoms with Gasteiger partial charge in [-0.2, -0.15) is 0 Å². The minimum Gasteiger partial charge on any atom is -0.491 e. The summed E-state index contributed by atoms with van der Waals surface area (Å²) in [7, 11) is 0. The molecule has 4 heteroatoms. The van der Waals surface area contributed by atoms with Gasteiger partial charge in [0.05, 0.1) is 6.10 Å². The minimum absolute atomic E-state index is 0.130. The van der Waals surface area contributed by atoms with Crippen LogP contribution in [0.2, 0.25) is 0 Å². The van der Waals surface area contributed by atoms with Crippen molar-refractivity contribution >= 4 is 11.6 Å². The number of hydrogen-bond acceptors (Lipinski definition) is 3. The third-order valence-corrected chi connectivity index (χ3v) is 3.01. The van der Waals surface area contributed by atoms with Gasteiger partial charge in [0.25, 0.3) is 5.91 Å². The van der Waals surface area contributed by atoms with Crippen LogP contribution in [-0.4, -0.2) is 24.2 Å². The van der Waals surface area contributed by atoms with Crippen molar-refractivity contribution in [3.8, 4) is 5.75 Å². The number of anilines is 1. The zero-order chi connectivity index (χ0) is 16.0.